The highest BCUT2D eigenvalue weighted by Crippen LogP contribution is 2.38. The van der Waals surface area contributed by atoms with Crippen molar-refractivity contribution in [2.24, 2.45) is 7.05 Å². The molecule has 2 aliphatic rings. The smallest absolute Gasteiger partial charge is 0.310 e. The highest BCUT2D eigenvalue weighted by molar-refractivity contribution is 7.93. The topological polar surface area (TPSA) is 119 Å². The maximum atomic E-state index is 13.1. The number of rotatable bonds is 6. The van der Waals surface area contributed by atoms with Crippen LogP contribution >= 0.6 is 0 Å². The summed E-state index contributed by atoms with van der Waals surface area (Å²) in [5, 5.41) is 4.01. The van der Waals surface area contributed by atoms with E-state index in [4.69, 9.17) is 0 Å². The first-order chi connectivity index (χ1) is 13.2. The molecule has 150 valence electrons. The van der Waals surface area contributed by atoms with Gasteiger partial charge in [0, 0.05) is 24.5 Å². The van der Waals surface area contributed by atoms with Crippen molar-refractivity contribution in [2.45, 2.75) is 37.8 Å². The number of aromatic nitrogens is 4. The molecule has 1 fully saturated rings. The predicted molar refractivity (Wildman–Crippen MR) is 99.9 cm³/mol. The van der Waals surface area contributed by atoms with Gasteiger partial charge in [-0.15, -0.1) is 0 Å². The van der Waals surface area contributed by atoms with Gasteiger partial charge >= 0.3 is 5.69 Å². The van der Waals surface area contributed by atoms with Crippen molar-refractivity contribution >= 4 is 16.1 Å². The second kappa shape index (κ2) is 6.52. The number of nitrogens with one attached hydrogen (secondary N) is 2. The third kappa shape index (κ3) is 3.35. The number of alkyl halides is 1. The molecule has 0 aromatic carbocycles. The van der Waals surface area contributed by atoms with E-state index in [-0.39, 0.29) is 29.9 Å². The zero-order chi connectivity index (χ0) is 20.1. The van der Waals surface area contributed by atoms with Crippen molar-refractivity contribution in [3.05, 3.63) is 55.0 Å². The molecule has 4 rings (SSSR count). The zero-order valence-electron chi connectivity index (χ0n) is 15.2. The van der Waals surface area contributed by atoms with Gasteiger partial charge < -0.3 is 4.98 Å². The number of halogens is 1. The molecule has 0 amide bonds. The lowest BCUT2D eigenvalue weighted by atomic mass is 10.0. The molecule has 0 radical (unpaired) electrons. The lowest BCUT2D eigenvalue weighted by molar-refractivity contribution is 0.393. The number of allylic oxidation sites excluding steroid dienone is 1. The van der Waals surface area contributed by atoms with Crippen molar-refractivity contribution in [1.82, 2.24) is 24.1 Å². The minimum absolute atomic E-state index is 0.0222. The van der Waals surface area contributed by atoms with Crippen molar-refractivity contribution in [1.29, 1.82) is 0 Å². The molecule has 0 aliphatic heterocycles. The standard InChI is InChI=1S/C17H20FN5O4S/c1-22-8-11(7-19-22)9-23-15(24)13-6-12(2-3-14(13)20-16(23)25)28(26,27)21-17(10-18)4-5-17/h6-8,21H,2-5,9-10H2,1H3,(H,20,25). The summed E-state index contributed by atoms with van der Waals surface area (Å²) in [5.41, 5.74) is -0.918. The summed E-state index contributed by atoms with van der Waals surface area (Å²) in [5.74, 6) is 0. The van der Waals surface area contributed by atoms with E-state index in [0.717, 1.165) is 4.57 Å². The Hall–Kier alpha value is -2.53. The molecule has 0 saturated heterocycles. The minimum Gasteiger partial charge on any atom is -0.310 e. The minimum atomic E-state index is -3.91. The maximum absolute atomic E-state index is 13.1. The van der Waals surface area contributed by atoms with Crippen molar-refractivity contribution < 1.29 is 12.8 Å². The summed E-state index contributed by atoms with van der Waals surface area (Å²) < 4.78 is 43.3. The molecule has 2 aromatic heterocycles. The monoisotopic (exact) mass is 409 g/mol. The Labute approximate surface area is 159 Å². The first-order valence-corrected chi connectivity index (χ1v) is 10.4. The van der Waals surface area contributed by atoms with E-state index < -0.39 is 33.5 Å². The van der Waals surface area contributed by atoms with E-state index in [9.17, 15) is 22.4 Å². The molecule has 2 N–H and O–H groups in total. The number of hydrogen-bond acceptors (Lipinski definition) is 5. The molecule has 28 heavy (non-hydrogen) atoms. The van der Waals surface area contributed by atoms with Crippen LogP contribution in [-0.4, -0.2) is 40.0 Å². The molecule has 1 saturated carbocycles. The number of hydrogen-bond donors (Lipinski definition) is 2. The van der Waals surface area contributed by atoms with Crippen LogP contribution in [0, 0.1) is 0 Å². The summed E-state index contributed by atoms with van der Waals surface area (Å²) in [6.07, 6.45) is 5.78. The van der Waals surface area contributed by atoms with E-state index in [1.54, 1.807) is 24.1 Å². The molecule has 0 bridgehead atoms. The first kappa shape index (κ1) is 18.8. The Morgan fingerprint density at radius 2 is 2.07 bits per heavy atom. The van der Waals surface area contributed by atoms with Crippen LogP contribution in [0.4, 0.5) is 4.39 Å². The molecule has 0 spiro atoms. The summed E-state index contributed by atoms with van der Waals surface area (Å²) in [6, 6.07) is 0. The van der Waals surface area contributed by atoms with Crippen molar-refractivity contribution in [3.63, 3.8) is 0 Å². The zero-order valence-corrected chi connectivity index (χ0v) is 16.1. The average molecular weight is 409 g/mol. The van der Waals surface area contributed by atoms with Gasteiger partial charge in [-0.2, -0.15) is 5.10 Å². The third-order valence-electron chi connectivity index (χ3n) is 5.13. The molecule has 9 nitrogen and oxygen atoms in total. The second-order valence-corrected chi connectivity index (χ2v) is 9.10. The van der Waals surface area contributed by atoms with E-state index in [2.05, 4.69) is 14.8 Å². The Morgan fingerprint density at radius 1 is 1.32 bits per heavy atom. The number of H-pyrrole nitrogens is 1. The second-order valence-electron chi connectivity index (χ2n) is 7.37. The molecule has 2 heterocycles. The van der Waals surface area contributed by atoms with Gasteiger partial charge in [0.15, 0.2) is 0 Å². The van der Waals surface area contributed by atoms with Gasteiger partial charge in [0.05, 0.1) is 28.7 Å². The van der Waals surface area contributed by atoms with Gasteiger partial charge in [-0.3, -0.25) is 14.0 Å². The van der Waals surface area contributed by atoms with E-state index in [1.807, 2.05) is 0 Å². The Bertz CT molecular complexity index is 1190. The SMILES string of the molecule is Cn1cc(Cn2c(=O)[nH]c3c(c2=O)C=C(S(=O)(=O)NC2(CF)CC2)CC3)cn1. The fraction of sp³-hybridized carbons (Fsp3) is 0.471. The van der Waals surface area contributed by atoms with Gasteiger partial charge in [0.25, 0.3) is 5.56 Å². The third-order valence-corrected chi connectivity index (χ3v) is 6.85. The molecular formula is C17H20FN5O4S. The number of sulfonamides is 1. The summed E-state index contributed by atoms with van der Waals surface area (Å²) in [7, 11) is -2.19. The number of aryl methyl sites for hydroxylation is 2. The van der Waals surface area contributed by atoms with Crippen LogP contribution in [0.1, 0.15) is 36.1 Å². The van der Waals surface area contributed by atoms with E-state index >= 15 is 0 Å². The average Bonchev–Trinajstić information content (AvgIpc) is 3.29. The number of aromatic amines is 1. The maximum Gasteiger partial charge on any atom is 0.328 e. The van der Waals surface area contributed by atoms with Gasteiger partial charge in [0.2, 0.25) is 10.0 Å². The van der Waals surface area contributed by atoms with Crippen LogP contribution < -0.4 is 16.0 Å². The molecule has 0 unspecified atom stereocenters. The van der Waals surface area contributed by atoms with Crippen LogP contribution in [0.15, 0.2) is 26.9 Å². The quantitative estimate of drug-likeness (QED) is 0.698. The fourth-order valence-corrected chi connectivity index (χ4v) is 4.92. The van der Waals surface area contributed by atoms with Gasteiger partial charge in [-0.05, 0) is 31.8 Å². The Balaban J connectivity index is 1.72. The van der Waals surface area contributed by atoms with Gasteiger partial charge in [0.1, 0.15) is 6.67 Å². The van der Waals surface area contributed by atoms with Gasteiger partial charge in [-0.1, -0.05) is 0 Å². The van der Waals surface area contributed by atoms with Crippen molar-refractivity contribution in [2.75, 3.05) is 6.67 Å². The highest BCUT2D eigenvalue weighted by atomic mass is 32.2. The highest BCUT2D eigenvalue weighted by Gasteiger charge is 2.46. The lowest BCUT2D eigenvalue weighted by Gasteiger charge is -2.20. The predicted octanol–water partition coefficient (Wildman–Crippen LogP) is 0.0270. The summed E-state index contributed by atoms with van der Waals surface area (Å²) >= 11 is 0. The summed E-state index contributed by atoms with van der Waals surface area (Å²) in [4.78, 5) is 27.9. The molecular weight excluding hydrogens is 389 g/mol. The van der Waals surface area contributed by atoms with Crippen molar-refractivity contribution in [3.8, 4) is 0 Å². The van der Waals surface area contributed by atoms with E-state index in [0.29, 0.717) is 24.1 Å². The Kier molecular flexibility index (Phi) is 4.38. The number of nitrogens with zero attached hydrogens (tertiary/aromatic N) is 3. The molecule has 2 aliphatic carbocycles. The van der Waals surface area contributed by atoms with Crippen LogP contribution in [-0.2, 0) is 30.0 Å². The summed E-state index contributed by atoms with van der Waals surface area (Å²) in [6.45, 7) is -0.740. The fourth-order valence-electron chi connectivity index (χ4n) is 3.31. The van der Waals surface area contributed by atoms with E-state index in [1.165, 1.54) is 6.08 Å². The first-order valence-electron chi connectivity index (χ1n) is 8.87. The van der Waals surface area contributed by atoms with Crippen LogP contribution in [0.3, 0.4) is 0 Å². The van der Waals surface area contributed by atoms with Crippen LogP contribution in [0.5, 0.6) is 0 Å². The lowest BCUT2D eigenvalue weighted by Crippen LogP contribution is -2.41. The Morgan fingerprint density at radius 3 is 2.68 bits per heavy atom. The van der Waals surface area contributed by atoms with Crippen LogP contribution in [0.25, 0.3) is 6.08 Å². The van der Waals surface area contributed by atoms with Gasteiger partial charge in [-0.25, -0.2) is 22.3 Å². The molecule has 2 aromatic rings. The number of fused-ring (bicyclic) bond motifs is 1. The normalized spacial score (nSPS) is 17.9. The molecule has 0 atom stereocenters. The van der Waals surface area contributed by atoms with Crippen LogP contribution in [0.2, 0.25) is 0 Å². The largest absolute Gasteiger partial charge is 0.328 e. The molecule has 11 heteroatoms.